The fourth-order valence-electron chi connectivity index (χ4n) is 11.6. The number of thiophene rings is 1. The summed E-state index contributed by atoms with van der Waals surface area (Å²) in [5.74, 6) is 0. The molecule has 0 aliphatic carbocycles. The Hall–Kier alpha value is -9.48. The Balaban J connectivity index is 0.955. The third kappa shape index (κ3) is 6.87. The van der Waals surface area contributed by atoms with Gasteiger partial charge in [-0.25, -0.2) is 0 Å². The second-order valence-electron chi connectivity index (χ2n) is 19.3. The van der Waals surface area contributed by atoms with Crippen LogP contribution in [0.25, 0.3) is 119 Å². The van der Waals surface area contributed by atoms with E-state index in [4.69, 9.17) is 0 Å². The van der Waals surface area contributed by atoms with Gasteiger partial charge in [-0.3, -0.25) is 0 Å². The number of anilines is 3. The monoisotopic (exact) mass is 959 g/mol. The van der Waals surface area contributed by atoms with Gasteiger partial charge in [0.2, 0.25) is 0 Å². The molecule has 0 aliphatic rings. The number of benzene rings is 12. The molecule has 15 rings (SSSR count). The highest BCUT2D eigenvalue weighted by Gasteiger charge is 2.21. The minimum Gasteiger partial charge on any atom is -0.310 e. The summed E-state index contributed by atoms with van der Waals surface area (Å²) in [6, 6.07) is 101. The molecule has 0 fully saturated rings. The highest BCUT2D eigenvalue weighted by molar-refractivity contribution is 7.25. The van der Waals surface area contributed by atoms with E-state index in [1.807, 2.05) is 11.3 Å². The third-order valence-electron chi connectivity index (χ3n) is 15.0. The van der Waals surface area contributed by atoms with Crippen LogP contribution in [0.1, 0.15) is 0 Å². The van der Waals surface area contributed by atoms with E-state index in [0.717, 1.165) is 61.8 Å². The van der Waals surface area contributed by atoms with Crippen molar-refractivity contribution < 1.29 is 0 Å². The van der Waals surface area contributed by atoms with E-state index >= 15 is 0 Å². The zero-order chi connectivity index (χ0) is 48.7. The minimum atomic E-state index is 1.10. The van der Waals surface area contributed by atoms with Crippen molar-refractivity contribution in [3.05, 3.63) is 273 Å². The van der Waals surface area contributed by atoms with Crippen molar-refractivity contribution in [2.75, 3.05) is 4.90 Å². The van der Waals surface area contributed by atoms with E-state index < -0.39 is 0 Å². The standard InChI is InChI=1S/C70H45N3S/c1-3-19-53(20-4-1)71(56-35-38-70-63(45-56)60-26-12-16-30-69(60)74-70)64-27-13-9-23-57(64)52-40-50(48-32-36-67-61(43-48)58-24-10-14-28-65(58)72(67)54-21-5-2-6-22-54)39-51(41-52)49-33-37-68-62(44-49)59-25-11-15-29-66(59)73(68)55-34-31-46-17-7-8-18-47(46)42-55/h1-45H. The van der Waals surface area contributed by atoms with Crippen LogP contribution >= 0.6 is 11.3 Å². The first-order chi connectivity index (χ1) is 36.7. The number of nitrogens with zero attached hydrogens (tertiary/aromatic N) is 3. The smallest absolute Gasteiger partial charge is 0.0541 e. The summed E-state index contributed by atoms with van der Waals surface area (Å²) in [6.45, 7) is 0. The molecule has 0 saturated heterocycles. The van der Waals surface area contributed by atoms with Crippen LogP contribution in [0.4, 0.5) is 17.1 Å². The Bertz CT molecular complexity index is 4670. The summed E-state index contributed by atoms with van der Waals surface area (Å²) in [5, 5.41) is 9.93. The zero-order valence-corrected chi connectivity index (χ0v) is 41.0. The number of aromatic nitrogens is 2. The van der Waals surface area contributed by atoms with Crippen LogP contribution < -0.4 is 4.90 Å². The van der Waals surface area contributed by atoms with E-state index in [9.17, 15) is 0 Å². The molecule has 3 nitrogen and oxygen atoms in total. The Morgan fingerprint density at radius 2 is 0.811 bits per heavy atom. The van der Waals surface area contributed by atoms with Gasteiger partial charge in [0, 0.05) is 70.0 Å². The van der Waals surface area contributed by atoms with Crippen LogP contribution in [0.5, 0.6) is 0 Å². The molecule has 3 heterocycles. The predicted octanol–water partition coefficient (Wildman–Crippen LogP) is 19.9. The first-order valence-corrected chi connectivity index (χ1v) is 26.1. The van der Waals surface area contributed by atoms with Gasteiger partial charge in [-0.05, 0) is 160 Å². The Labute approximate surface area is 432 Å². The third-order valence-corrected chi connectivity index (χ3v) is 16.2. The van der Waals surface area contributed by atoms with E-state index in [-0.39, 0.29) is 0 Å². The molecule has 12 aromatic carbocycles. The minimum absolute atomic E-state index is 1.10. The van der Waals surface area contributed by atoms with Gasteiger partial charge in [-0.2, -0.15) is 0 Å². The topological polar surface area (TPSA) is 13.1 Å². The number of hydrogen-bond acceptors (Lipinski definition) is 2. The highest BCUT2D eigenvalue weighted by atomic mass is 32.1. The van der Waals surface area contributed by atoms with Gasteiger partial charge in [-0.1, -0.05) is 152 Å². The second kappa shape index (κ2) is 17.1. The molecule has 0 atom stereocenters. The van der Waals surface area contributed by atoms with Crippen LogP contribution in [-0.4, -0.2) is 9.13 Å². The van der Waals surface area contributed by atoms with Crippen molar-refractivity contribution in [1.82, 2.24) is 9.13 Å². The predicted molar refractivity (Wildman–Crippen MR) is 317 cm³/mol. The van der Waals surface area contributed by atoms with E-state index in [2.05, 4.69) is 287 Å². The number of hydrogen-bond donors (Lipinski definition) is 0. The maximum absolute atomic E-state index is 2.44. The van der Waals surface area contributed by atoms with Crippen molar-refractivity contribution in [2.24, 2.45) is 0 Å². The number of rotatable bonds is 8. The lowest BCUT2D eigenvalue weighted by Gasteiger charge is -2.28. The molecule has 0 aliphatic heterocycles. The van der Waals surface area contributed by atoms with Crippen molar-refractivity contribution in [3.8, 4) is 44.8 Å². The van der Waals surface area contributed by atoms with Crippen LogP contribution in [0.2, 0.25) is 0 Å². The molecule has 346 valence electrons. The van der Waals surface area contributed by atoms with E-state index in [1.54, 1.807) is 0 Å². The van der Waals surface area contributed by atoms with Gasteiger partial charge >= 0.3 is 0 Å². The molecule has 0 unspecified atom stereocenters. The maximum Gasteiger partial charge on any atom is 0.0541 e. The van der Waals surface area contributed by atoms with Crippen molar-refractivity contribution in [2.45, 2.75) is 0 Å². The Morgan fingerprint density at radius 1 is 0.270 bits per heavy atom. The van der Waals surface area contributed by atoms with E-state index in [1.165, 1.54) is 74.6 Å². The highest BCUT2D eigenvalue weighted by Crippen LogP contribution is 2.46. The van der Waals surface area contributed by atoms with Crippen molar-refractivity contribution >= 4 is 103 Å². The first-order valence-electron chi connectivity index (χ1n) is 25.3. The van der Waals surface area contributed by atoms with Gasteiger partial charge in [0.25, 0.3) is 0 Å². The summed E-state index contributed by atoms with van der Waals surface area (Å²) in [5.41, 5.74) is 17.3. The van der Waals surface area contributed by atoms with Gasteiger partial charge in [-0.15, -0.1) is 11.3 Å². The summed E-state index contributed by atoms with van der Waals surface area (Å²) in [6.07, 6.45) is 0. The fraction of sp³-hybridized carbons (Fsp3) is 0. The number of para-hydroxylation sites is 5. The van der Waals surface area contributed by atoms with Gasteiger partial charge < -0.3 is 14.0 Å². The molecular weight excluding hydrogens is 915 g/mol. The Morgan fingerprint density at radius 3 is 1.53 bits per heavy atom. The normalized spacial score (nSPS) is 11.8. The zero-order valence-electron chi connectivity index (χ0n) is 40.2. The summed E-state index contributed by atoms with van der Waals surface area (Å²) >= 11 is 1.85. The lowest BCUT2D eigenvalue weighted by atomic mass is 9.91. The maximum atomic E-state index is 2.44. The van der Waals surface area contributed by atoms with Crippen LogP contribution in [0.3, 0.4) is 0 Å². The average molecular weight is 960 g/mol. The lowest BCUT2D eigenvalue weighted by Crippen LogP contribution is -2.11. The molecule has 0 bridgehead atoms. The SMILES string of the molecule is c1ccc(N(c2ccc3sc4ccccc4c3c2)c2ccccc2-c2cc(-c3ccc4c(c3)c3ccccc3n4-c3ccccc3)cc(-c3ccc4c(c3)c3ccccc3n4-c3ccc4ccccc4c3)c2)cc1. The first kappa shape index (κ1) is 42.2. The molecular formula is C70H45N3S. The van der Waals surface area contributed by atoms with Crippen LogP contribution in [0.15, 0.2) is 273 Å². The molecule has 0 spiro atoms. The van der Waals surface area contributed by atoms with Crippen molar-refractivity contribution in [3.63, 3.8) is 0 Å². The fourth-order valence-corrected chi connectivity index (χ4v) is 12.7. The molecule has 74 heavy (non-hydrogen) atoms. The largest absolute Gasteiger partial charge is 0.310 e. The quantitative estimate of drug-likeness (QED) is 0.148. The summed E-state index contributed by atoms with van der Waals surface area (Å²) < 4.78 is 7.41. The lowest BCUT2D eigenvalue weighted by molar-refractivity contribution is 1.18. The van der Waals surface area contributed by atoms with Crippen molar-refractivity contribution in [1.29, 1.82) is 0 Å². The van der Waals surface area contributed by atoms with Gasteiger partial charge in [0.15, 0.2) is 0 Å². The average Bonchev–Trinajstić information content (AvgIpc) is 4.14. The summed E-state index contributed by atoms with van der Waals surface area (Å²) in [4.78, 5) is 2.44. The molecule has 0 N–H and O–H groups in total. The molecule has 0 amide bonds. The molecule has 0 saturated carbocycles. The molecule has 3 aromatic heterocycles. The van der Waals surface area contributed by atoms with Gasteiger partial charge in [0.1, 0.15) is 0 Å². The number of fused-ring (bicyclic) bond motifs is 10. The van der Waals surface area contributed by atoms with E-state index in [0.29, 0.717) is 0 Å². The van der Waals surface area contributed by atoms with Gasteiger partial charge in [0.05, 0.1) is 27.8 Å². The Kier molecular flexibility index (Phi) is 9.75. The van der Waals surface area contributed by atoms with Crippen LogP contribution in [0, 0.1) is 0 Å². The van der Waals surface area contributed by atoms with Crippen LogP contribution in [-0.2, 0) is 0 Å². The molecule has 15 aromatic rings. The molecule has 0 radical (unpaired) electrons. The summed E-state index contributed by atoms with van der Waals surface area (Å²) in [7, 11) is 0. The second-order valence-corrected chi connectivity index (χ2v) is 20.4. The molecule has 4 heteroatoms.